The number of pyridine rings is 1. The molecule has 0 radical (unpaired) electrons. The van der Waals surface area contributed by atoms with E-state index in [1.807, 2.05) is 128 Å². The van der Waals surface area contributed by atoms with Crippen molar-refractivity contribution in [2.45, 2.75) is 0 Å². The Morgan fingerprint density at radius 1 is 0.500 bits per heavy atom. The minimum absolute atomic E-state index is 0.631. The van der Waals surface area contributed by atoms with Crippen molar-refractivity contribution < 1.29 is 14.0 Å². The van der Waals surface area contributed by atoms with Crippen molar-refractivity contribution in [1.82, 2.24) is 4.98 Å². The molecule has 0 saturated carbocycles. The van der Waals surface area contributed by atoms with Crippen LogP contribution in [0.15, 0.2) is 146 Å². The normalized spacial score (nSPS) is 12.3. The molecular weight excluding hydrogens is 537 g/mol. The third-order valence-electron chi connectivity index (χ3n) is 7.87. The fraction of sp³-hybridized carbons (Fsp3) is 0. The zero-order chi connectivity index (χ0) is 28.1. The molecule has 1 aromatic heterocycles. The van der Waals surface area contributed by atoms with E-state index in [0.29, 0.717) is 28.3 Å². The van der Waals surface area contributed by atoms with Crippen molar-refractivity contribution in [1.29, 1.82) is 0 Å². The molecule has 8 rings (SSSR count). The van der Waals surface area contributed by atoms with Crippen molar-refractivity contribution >= 4 is 44.6 Å². The van der Waals surface area contributed by atoms with Crippen molar-refractivity contribution in [2.75, 3.05) is 0 Å². The smallest absolute Gasteiger partial charge is 0.178 e. The van der Waals surface area contributed by atoms with Gasteiger partial charge in [-0.1, -0.05) is 115 Å². The third-order valence-corrected chi connectivity index (χ3v) is 10.9. The Morgan fingerprint density at radius 2 is 1.12 bits per heavy atom. The van der Waals surface area contributed by atoms with Crippen LogP contribution in [0.5, 0.6) is 23.0 Å². The van der Waals surface area contributed by atoms with Gasteiger partial charge >= 0.3 is 0 Å². The molecule has 4 nitrogen and oxygen atoms in total. The molecule has 0 atom stereocenters. The minimum atomic E-state index is -3.19. The number of nitrogens with zero attached hydrogens (tertiary/aromatic N) is 1. The zero-order valence-corrected chi connectivity index (χ0v) is 23.4. The number of hydrogen-bond acceptors (Lipinski definition) is 4. The molecule has 5 heteroatoms. The summed E-state index contributed by atoms with van der Waals surface area (Å²) in [5.41, 5.74) is 1.78. The predicted octanol–water partition coefficient (Wildman–Crippen LogP) is 8.59. The number of rotatable bonds is 4. The van der Waals surface area contributed by atoms with Gasteiger partial charge in [0.1, 0.15) is 0 Å². The van der Waals surface area contributed by atoms with Gasteiger partial charge in [0.15, 0.2) is 30.1 Å². The van der Waals surface area contributed by atoms with Gasteiger partial charge in [-0.05, 0) is 34.5 Å². The molecule has 0 fully saturated rings. The predicted molar refractivity (Wildman–Crippen MR) is 171 cm³/mol. The molecular formula is C37H24NO3P. The molecule has 0 saturated heterocycles. The second kappa shape index (κ2) is 9.73. The SMILES string of the molecule is O=P(c1ccccc1)(c1ccccc1)c1cncc(-c2cc3c(c4ccccc24)Oc2c(ccc4ccccc24)O3)c1. The first-order valence-electron chi connectivity index (χ1n) is 13.8. The van der Waals surface area contributed by atoms with Gasteiger partial charge in [0.2, 0.25) is 0 Å². The Morgan fingerprint density at radius 3 is 1.86 bits per heavy atom. The molecule has 1 aliphatic rings. The summed E-state index contributed by atoms with van der Waals surface area (Å²) in [5, 5.41) is 6.24. The van der Waals surface area contributed by atoms with Crippen LogP contribution in [0.25, 0.3) is 32.7 Å². The van der Waals surface area contributed by atoms with E-state index < -0.39 is 7.14 Å². The van der Waals surface area contributed by atoms with E-state index in [0.717, 1.165) is 43.3 Å². The lowest BCUT2D eigenvalue weighted by Crippen LogP contribution is -2.25. The van der Waals surface area contributed by atoms with Crippen LogP contribution in [-0.4, -0.2) is 4.98 Å². The van der Waals surface area contributed by atoms with Crippen molar-refractivity contribution in [2.24, 2.45) is 0 Å². The van der Waals surface area contributed by atoms with Gasteiger partial charge in [-0.25, -0.2) is 0 Å². The Balaban J connectivity index is 1.31. The average molecular weight is 562 g/mol. The summed E-state index contributed by atoms with van der Waals surface area (Å²) >= 11 is 0. The number of benzene rings is 6. The average Bonchev–Trinajstić information content (AvgIpc) is 3.07. The van der Waals surface area contributed by atoms with Crippen LogP contribution < -0.4 is 25.4 Å². The van der Waals surface area contributed by atoms with Crippen molar-refractivity contribution in [3.63, 3.8) is 0 Å². The van der Waals surface area contributed by atoms with Crippen LogP contribution in [-0.2, 0) is 4.57 Å². The fourth-order valence-electron chi connectivity index (χ4n) is 5.84. The highest BCUT2D eigenvalue weighted by Gasteiger charge is 2.31. The van der Waals surface area contributed by atoms with Crippen molar-refractivity contribution in [3.05, 3.63) is 146 Å². The number of ether oxygens (including phenoxy) is 2. The van der Waals surface area contributed by atoms with Gasteiger partial charge in [-0.15, -0.1) is 0 Å². The largest absolute Gasteiger partial charge is 0.449 e. The molecule has 0 amide bonds. The van der Waals surface area contributed by atoms with Gasteiger partial charge in [0.25, 0.3) is 0 Å². The van der Waals surface area contributed by atoms with E-state index in [1.165, 1.54) is 0 Å². The Kier molecular flexibility index (Phi) is 5.70. The fourth-order valence-corrected chi connectivity index (χ4v) is 8.47. The lowest BCUT2D eigenvalue weighted by Gasteiger charge is -2.25. The third kappa shape index (κ3) is 3.84. The topological polar surface area (TPSA) is 48.4 Å². The first-order chi connectivity index (χ1) is 20.7. The summed E-state index contributed by atoms with van der Waals surface area (Å²) in [6.07, 6.45) is 3.55. The molecule has 6 aromatic carbocycles. The highest BCUT2D eigenvalue weighted by atomic mass is 31.2. The van der Waals surface area contributed by atoms with E-state index in [1.54, 1.807) is 6.20 Å². The first kappa shape index (κ1) is 24.6. The summed E-state index contributed by atoms with van der Waals surface area (Å²) in [4.78, 5) is 4.62. The molecule has 0 bridgehead atoms. The quantitative estimate of drug-likeness (QED) is 0.202. The van der Waals surface area contributed by atoms with Crippen LogP contribution in [0.3, 0.4) is 0 Å². The lowest BCUT2D eigenvalue weighted by atomic mass is 9.97. The summed E-state index contributed by atoms with van der Waals surface area (Å²) in [6.45, 7) is 0. The van der Waals surface area contributed by atoms with Gasteiger partial charge in [-0.3, -0.25) is 4.98 Å². The monoisotopic (exact) mass is 561 g/mol. The summed E-state index contributed by atoms with van der Waals surface area (Å²) < 4.78 is 28.2. The Labute approximate surface area is 243 Å². The number of fused-ring (bicyclic) bond motifs is 6. The summed E-state index contributed by atoms with van der Waals surface area (Å²) in [6, 6.07) is 43.6. The maximum Gasteiger partial charge on any atom is 0.178 e. The van der Waals surface area contributed by atoms with E-state index in [4.69, 9.17) is 9.47 Å². The number of hydrogen-bond donors (Lipinski definition) is 0. The van der Waals surface area contributed by atoms with Gasteiger partial charge < -0.3 is 14.0 Å². The summed E-state index contributed by atoms with van der Waals surface area (Å²) in [7, 11) is -3.19. The molecule has 0 aliphatic carbocycles. The molecule has 0 spiro atoms. The highest BCUT2D eigenvalue weighted by Crippen LogP contribution is 2.53. The maximum atomic E-state index is 15.1. The first-order valence-corrected chi connectivity index (χ1v) is 15.5. The summed E-state index contributed by atoms with van der Waals surface area (Å²) in [5.74, 6) is 2.70. The zero-order valence-electron chi connectivity index (χ0n) is 22.5. The second-order valence-corrected chi connectivity index (χ2v) is 13.1. The maximum absolute atomic E-state index is 15.1. The molecule has 7 aromatic rings. The highest BCUT2D eigenvalue weighted by molar-refractivity contribution is 7.85. The van der Waals surface area contributed by atoms with Crippen LogP contribution in [0.1, 0.15) is 0 Å². The molecule has 1 aliphatic heterocycles. The van der Waals surface area contributed by atoms with Crippen molar-refractivity contribution in [3.8, 4) is 34.1 Å². The van der Waals surface area contributed by atoms with Crippen LogP contribution in [0.2, 0.25) is 0 Å². The molecule has 42 heavy (non-hydrogen) atoms. The standard InChI is InChI=1S/C37H24NO3P/c39-42(27-12-3-1-4-13-27,28-14-5-2-6-15-28)29-21-26(23-38-24-29)33-22-35-37(32-18-10-9-17-31(32)33)41-36-30-16-8-7-11-25(30)19-20-34(36)40-35/h1-24H. The Bertz CT molecular complexity index is 2130. The van der Waals surface area contributed by atoms with E-state index in [-0.39, 0.29) is 0 Å². The van der Waals surface area contributed by atoms with Gasteiger partial charge in [-0.2, -0.15) is 0 Å². The van der Waals surface area contributed by atoms with E-state index >= 15 is 4.57 Å². The molecule has 0 N–H and O–H groups in total. The van der Waals surface area contributed by atoms with E-state index in [2.05, 4.69) is 17.1 Å². The molecule has 2 heterocycles. The van der Waals surface area contributed by atoms with E-state index in [9.17, 15) is 0 Å². The van der Waals surface area contributed by atoms with Gasteiger partial charge in [0.05, 0.1) is 0 Å². The lowest BCUT2D eigenvalue weighted by molar-refractivity contribution is 0.367. The molecule has 0 unspecified atom stereocenters. The van der Waals surface area contributed by atoms with Crippen LogP contribution in [0, 0.1) is 0 Å². The van der Waals surface area contributed by atoms with Gasteiger partial charge in [0, 0.05) is 44.6 Å². The number of aromatic nitrogens is 1. The van der Waals surface area contributed by atoms with Crippen LogP contribution >= 0.6 is 7.14 Å². The molecule has 200 valence electrons. The van der Waals surface area contributed by atoms with Crippen LogP contribution in [0.4, 0.5) is 0 Å². The minimum Gasteiger partial charge on any atom is -0.449 e. The Hall–Kier alpha value is -5.18. The second-order valence-electron chi connectivity index (χ2n) is 10.3.